The summed E-state index contributed by atoms with van der Waals surface area (Å²) in [4.78, 5) is 25.0. The van der Waals surface area contributed by atoms with Crippen LogP contribution in [-0.2, 0) is 14.2 Å². The minimum absolute atomic E-state index is 0.136. The minimum atomic E-state index is -0.519. The molecule has 0 spiro atoms. The zero-order valence-electron chi connectivity index (χ0n) is 17.2. The van der Waals surface area contributed by atoms with Crippen LogP contribution >= 0.6 is 11.8 Å². The summed E-state index contributed by atoms with van der Waals surface area (Å²) in [6.45, 7) is 8.09. The fourth-order valence-corrected chi connectivity index (χ4v) is 4.40. The highest BCUT2D eigenvalue weighted by molar-refractivity contribution is 8.00. The Labute approximate surface area is 181 Å². The molecular weight excluding hydrogens is 400 g/mol. The van der Waals surface area contributed by atoms with Crippen molar-refractivity contribution in [1.82, 2.24) is 0 Å². The van der Waals surface area contributed by atoms with Crippen LogP contribution in [0, 0.1) is 13.8 Å². The van der Waals surface area contributed by atoms with E-state index in [9.17, 15) is 9.59 Å². The molecule has 30 heavy (non-hydrogen) atoms. The lowest BCUT2D eigenvalue weighted by Gasteiger charge is -2.24. The first-order valence-corrected chi connectivity index (χ1v) is 10.9. The van der Waals surface area contributed by atoms with Crippen molar-refractivity contribution in [2.45, 2.75) is 31.3 Å². The van der Waals surface area contributed by atoms with Crippen LogP contribution in [0.15, 0.2) is 61.2 Å². The summed E-state index contributed by atoms with van der Waals surface area (Å²) in [6.07, 6.45) is 0.855. The number of carbonyl (C=O) groups excluding carboxylic acids is 2. The van der Waals surface area contributed by atoms with Crippen molar-refractivity contribution in [1.29, 1.82) is 0 Å². The maximum Gasteiger partial charge on any atom is 0.338 e. The van der Waals surface area contributed by atoms with Gasteiger partial charge in [-0.3, -0.25) is 0 Å². The van der Waals surface area contributed by atoms with E-state index in [1.807, 2.05) is 38.1 Å². The SMILES string of the molecule is C=CCO[C@H]1CS[C@H](COC(=O)c2ccc(C)cc2)[C@H]1OC(=O)c1ccc(C)cc1. The van der Waals surface area contributed by atoms with Crippen LogP contribution in [0.4, 0.5) is 0 Å². The highest BCUT2D eigenvalue weighted by Crippen LogP contribution is 2.33. The quantitative estimate of drug-likeness (QED) is 0.461. The normalized spacial score (nSPS) is 20.5. The van der Waals surface area contributed by atoms with Gasteiger partial charge in [0.1, 0.15) is 18.8 Å². The fraction of sp³-hybridized carbons (Fsp3) is 0.333. The lowest BCUT2D eigenvalue weighted by Crippen LogP contribution is -2.39. The Bertz CT molecular complexity index is 875. The fourth-order valence-electron chi connectivity index (χ4n) is 3.09. The monoisotopic (exact) mass is 426 g/mol. The van der Waals surface area contributed by atoms with Gasteiger partial charge >= 0.3 is 11.9 Å². The van der Waals surface area contributed by atoms with E-state index in [0.29, 0.717) is 23.5 Å². The topological polar surface area (TPSA) is 61.8 Å². The molecule has 3 rings (SSSR count). The van der Waals surface area contributed by atoms with Gasteiger partial charge in [-0.05, 0) is 38.1 Å². The first kappa shape index (κ1) is 22.1. The van der Waals surface area contributed by atoms with Crippen LogP contribution < -0.4 is 0 Å². The Morgan fingerprint density at radius 2 is 1.57 bits per heavy atom. The summed E-state index contributed by atoms with van der Waals surface area (Å²) < 4.78 is 17.1. The van der Waals surface area contributed by atoms with Gasteiger partial charge in [-0.15, -0.1) is 18.3 Å². The molecule has 2 aromatic rings. The van der Waals surface area contributed by atoms with E-state index >= 15 is 0 Å². The first-order valence-electron chi connectivity index (χ1n) is 9.83. The highest BCUT2D eigenvalue weighted by atomic mass is 32.2. The summed E-state index contributed by atoms with van der Waals surface area (Å²) in [7, 11) is 0. The Hall–Kier alpha value is -2.57. The molecule has 0 amide bonds. The average Bonchev–Trinajstić information content (AvgIpc) is 3.12. The molecule has 1 aliphatic rings. The summed E-state index contributed by atoms with van der Waals surface area (Å²) in [5, 5.41) is -0.205. The van der Waals surface area contributed by atoms with Crippen LogP contribution in [0.25, 0.3) is 0 Å². The van der Waals surface area contributed by atoms with E-state index in [2.05, 4.69) is 6.58 Å². The third kappa shape index (κ3) is 5.74. The molecule has 3 atom stereocenters. The summed E-state index contributed by atoms with van der Waals surface area (Å²) >= 11 is 1.57. The van der Waals surface area contributed by atoms with Gasteiger partial charge in [0.25, 0.3) is 0 Å². The molecule has 1 saturated heterocycles. The zero-order chi connectivity index (χ0) is 21.5. The van der Waals surface area contributed by atoms with Crippen LogP contribution in [-0.4, -0.2) is 48.4 Å². The molecule has 1 fully saturated rings. The van der Waals surface area contributed by atoms with Crippen molar-refractivity contribution in [2.75, 3.05) is 19.0 Å². The highest BCUT2D eigenvalue weighted by Gasteiger charge is 2.41. The van der Waals surface area contributed by atoms with Crippen molar-refractivity contribution in [3.63, 3.8) is 0 Å². The molecule has 158 valence electrons. The number of hydrogen-bond donors (Lipinski definition) is 0. The second-order valence-corrected chi connectivity index (χ2v) is 8.50. The summed E-state index contributed by atoms with van der Waals surface area (Å²) in [6, 6.07) is 14.4. The van der Waals surface area contributed by atoms with E-state index in [4.69, 9.17) is 14.2 Å². The number of rotatable bonds is 8. The predicted molar refractivity (Wildman–Crippen MR) is 118 cm³/mol. The van der Waals surface area contributed by atoms with Crippen molar-refractivity contribution < 1.29 is 23.8 Å². The van der Waals surface area contributed by atoms with Gasteiger partial charge < -0.3 is 14.2 Å². The maximum atomic E-state index is 12.7. The van der Waals surface area contributed by atoms with E-state index in [-0.39, 0.29) is 18.0 Å². The predicted octanol–water partition coefficient (Wildman–Crippen LogP) is 4.37. The minimum Gasteiger partial charge on any atom is -0.461 e. The van der Waals surface area contributed by atoms with Gasteiger partial charge in [-0.25, -0.2) is 9.59 Å². The lowest BCUT2D eigenvalue weighted by atomic mass is 10.1. The zero-order valence-corrected chi connectivity index (χ0v) is 18.0. The molecule has 0 saturated carbocycles. The molecule has 5 nitrogen and oxygen atoms in total. The maximum absolute atomic E-state index is 12.7. The Morgan fingerprint density at radius 1 is 1.00 bits per heavy atom. The molecule has 0 unspecified atom stereocenters. The van der Waals surface area contributed by atoms with Crippen molar-refractivity contribution >= 4 is 23.7 Å². The van der Waals surface area contributed by atoms with Crippen LogP contribution in [0.2, 0.25) is 0 Å². The Kier molecular flexibility index (Phi) is 7.71. The standard InChI is InChI=1S/C24H26O5S/c1-4-13-27-20-15-30-21(14-28-23(25)18-9-5-16(2)6-10-18)22(20)29-24(26)19-11-7-17(3)8-12-19/h4-12,20-22H,1,13-15H2,2-3H3/t20-,21+,22-/m0/s1. The molecule has 0 radical (unpaired) electrons. The van der Waals surface area contributed by atoms with E-state index in [1.165, 1.54) is 0 Å². The van der Waals surface area contributed by atoms with Crippen molar-refractivity contribution in [2.24, 2.45) is 0 Å². The third-order valence-corrected chi connectivity index (χ3v) is 6.19. The molecule has 6 heteroatoms. The number of thioether (sulfide) groups is 1. The van der Waals surface area contributed by atoms with E-state index in [0.717, 1.165) is 11.1 Å². The average molecular weight is 427 g/mol. The number of benzene rings is 2. The number of hydrogen-bond acceptors (Lipinski definition) is 6. The number of ether oxygens (including phenoxy) is 3. The molecule has 0 aromatic heterocycles. The van der Waals surface area contributed by atoms with Gasteiger partial charge in [0.2, 0.25) is 0 Å². The van der Waals surface area contributed by atoms with Gasteiger partial charge in [0, 0.05) is 5.75 Å². The van der Waals surface area contributed by atoms with Gasteiger partial charge in [0.15, 0.2) is 0 Å². The molecule has 0 aliphatic carbocycles. The summed E-state index contributed by atoms with van der Waals surface area (Å²) in [5.74, 6) is -0.161. The molecular formula is C24H26O5S. The van der Waals surface area contributed by atoms with Crippen LogP contribution in [0.1, 0.15) is 31.8 Å². The smallest absolute Gasteiger partial charge is 0.338 e. The lowest BCUT2D eigenvalue weighted by molar-refractivity contribution is -0.0359. The number of esters is 2. The number of aryl methyl sites for hydroxylation is 2. The van der Waals surface area contributed by atoms with Crippen molar-refractivity contribution in [3.8, 4) is 0 Å². The molecule has 2 aromatic carbocycles. The Morgan fingerprint density at radius 3 is 2.13 bits per heavy atom. The largest absolute Gasteiger partial charge is 0.461 e. The van der Waals surface area contributed by atoms with Gasteiger partial charge in [-0.2, -0.15) is 0 Å². The second-order valence-electron chi connectivity index (χ2n) is 7.23. The molecule has 1 aliphatic heterocycles. The summed E-state index contributed by atoms with van der Waals surface area (Å²) in [5.41, 5.74) is 3.12. The van der Waals surface area contributed by atoms with E-state index in [1.54, 1.807) is 42.1 Å². The number of carbonyl (C=O) groups is 2. The van der Waals surface area contributed by atoms with Gasteiger partial charge in [0.05, 0.1) is 23.0 Å². The second kappa shape index (κ2) is 10.5. The Balaban J connectivity index is 1.66. The van der Waals surface area contributed by atoms with Gasteiger partial charge in [-0.1, -0.05) is 41.5 Å². The van der Waals surface area contributed by atoms with Crippen LogP contribution in [0.5, 0.6) is 0 Å². The molecule has 0 N–H and O–H groups in total. The van der Waals surface area contributed by atoms with E-state index < -0.39 is 18.0 Å². The third-order valence-electron chi connectivity index (χ3n) is 4.83. The van der Waals surface area contributed by atoms with Crippen LogP contribution in [0.3, 0.4) is 0 Å². The van der Waals surface area contributed by atoms with Crippen molar-refractivity contribution in [3.05, 3.63) is 83.4 Å². The molecule has 1 heterocycles. The first-order chi connectivity index (χ1) is 14.5. The molecule has 0 bridgehead atoms.